The average molecular weight is 254 g/mol. The van der Waals surface area contributed by atoms with E-state index in [0.29, 0.717) is 17.0 Å². The number of carbonyl (C=O) groups excluding carboxylic acids is 1. The fourth-order valence-electron chi connectivity index (χ4n) is 1.48. The summed E-state index contributed by atoms with van der Waals surface area (Å²) in [6.07, 6.45) is 2.53. The zero-order chi connectivity index (χ0) is 12.8. The molecule has 0 aromatic heterocycles. The molecular formula is C12H18N2O2S. The second-order valence-corrected chi connectivity index (χ2v) is 5.47. The van der Waals surface area contributed by atoms with Crippen LogP contribution in [0.25, 0.3) is 0 Å². The molecule has 94 valence electrons. The van der Waals surface area contributed by atoms with Crippen LogP contribution in [-0.4, -0.2) is 28.5 Å². The lowest BCUT2D eigenvalue weighted by atomic mass is 10.1. The maximum atomic E-state index is 11.3. The SMILES string of the molecule is CC(=O)c1cc(NCCCS(C)=O)ccc1N. The van der Waals surface area contributed by atoms with Crippen molar-refractivity contribution >= 4 is 28.0 Å². The van der Waals surface area contributed by atoms with Crippen LogP contribution >= 0.6 is 0 Å². The van der Waals surface area contributed by atoms with Gasteiger partial charge in [-0.1, -0.05) is 0 Å². The normalized spacial score (nSPS) is 12.1. The smallest absolute Gasteiger partial charge is 0.161 e. The molecule has 1 aromatic carbocycles. The summed E-state index contributed by atoms with van der Waals surface area (Å²) in [5.41, 5.74) is 7.60. The van der Waals surface area contributed by atoms with E-state index in [-0.39, 0.29) is 5.78 Å². The van der Waals surface area contributed by atoms with Crippen molar-refractivity contribution in [1.29, 1.82) is 0 Å². The van der Waals surface area contributed by atoms with Crippen molar-refractivity contribution in [1.82, 2.24) is 0 Å². The van der Waals surface area contributed by atoms with Crippen molar-refractivity contribution in [3.8, 4) is 0 Å². The fraction of sp³-hybridized carbons (Fsp3) is 0.417. The van der Waals surface area contributed by atoms with Gasteiger partial charge >= 0.3 is 0 Å². The molecule has 0 aliphatic carbocycles. The number of nitrogens with one attached hydrogen (secondary N) is 1. The van der Waals surface area contributed by atoms with E-state index in [1.165, 1.54) is 6.92 Å². The highest BCUT2D eigenvalue weighted by atomic mass is 32.2. The Kier molecular flexibility index (Phi) is 5.15. The minimum absolute atomic E-state index is 0.0409. The third-order valence-electron chi connectivity index (χ3n) is 2.37. The van der Waals surface area contributed by atoms with Gasteiger partial charge in [-0.05, 0) is 31.5 Å². The van der Waals surface area contributed by atoms with Gasteiger partial charge in [0.2, 0.25) is 0 Å². The molecule has 0 aliphatic heterocycles. The van der Waals surface area contributed by atoms with E-state index in [1.54, 1.807) is 18.4 Å². The maximum absolute atomic E-state index is 11.3. The molecular weight excluding hydrogens is 236 g/mol. The summed E-state index contributed by atoms with van der Waals surface area (Å²) in [4.78, 5) is 11.3. The number of ketones is 1. The highest BCUT2D eigenvalue weighted by Crippen LogP contribution is 2.18. The van der Waals surface area contributed by atoms with Crippen LogP contribution in [0.4, 0.5) is 11.4 Å². The Bertz CT molecular complexity index is 433. The monoisotopic (exact) mass is 254 g/mol. The number of hydrogen-bond donors (Lipinski definition) is 2. The van der Waals surface area contributed by atoms with Gasteiger partial charge in [0.15, 0.2) is 5.78 Å². The molecule has 5 heteroatoms. The van der Waals surface area contributed by atoms with Gasteiger partial charge in [0.25, 0.3) is 0 Å². The third-order valence-corrected chi connectivity index (χ3v) is 3.23. The van der Waals surface area contributed by atoms with Crippen LogP contribution in [0, 0.1) is 0 Å². The summed E-state index contributed by atoms with van der Waals surface area (Å²) in [6.45, 7) is 2.23. The predicted molar refractivity (Wildman–Crippen MR) is 72.9 cm³/mol. The summed E-state index contributed by atoms with van der Waals surface area (Å²) in [5, 5.41) is 3.18. The molecule has 3 N–H and O–H groups in total. The second kappa shape index (κ2) is 6.39. The molecule has 0 amide bonds. The van der Waals surface area contributed by atoms with Gasteiger partial charge in [0.1, 0.15) is 0 Å². The van der Waals surface area contributed by atoms with E-state index < -0.39 is 10.8 Å². The Labute approximate surface area is 104 Å². The first-order valence-electron chi connectivity index (χ1n) is 5.45. The molecule has 0 heterocycles. The summed E-state index contributed by atoms with van der Waals surface area (Å²) < 4.78 is 10.9. The molecule has 0 spiro atoms. The molecule has 1 unspecified atom stereocenters. The van der Waals surface area contributed by atoms with E-state index in [1.807, 2.05) is 6.07 Å². The third kappa shape index (κ3) is 4.56. The molecule has 0 radical (unpaired) electrons. The van der Waals surface area contributed by atoms with Crippen LogP contribution in [0.5, 0.6) is 0 Å². The van der Waals surface area contributed by atoms with Gasteiger partial charge in [0, 0.05) is 46.3 Å². The summed E-state index contributed by atoms with van der Waals surface area (Å²) >= 11 is 0. The van der Waals surface area contributed by atoms with Crippen molar-refractivity contribution < 1.29 is 9.00 Å². The zero-order valence-electron chi connectivity index (χ0n) is 10.2. The minimum atomic E-state index is -0.753. The first kappa shape index (κ1) is 13.7. The van der Waals surface area contributed by atoms with Crippen LogP contribution < -0.4 is 11.1 Å². The second-order valence-electron chi connectivity index (χ2n) is 3.92. The predicted octanol–water partition coefficient (Wildman–Crippen LogP) is 1.65. The van der Waals surface area contributed by atoms with Crippen molar-refractivity contribution in [3.63, 3.8) is 0 Å². The lowest BCUT2D eigenvalue weighted by molar-refractivity contribution is 0.101. The number of nitrogen functional groups attached to an aromatic ring is 1. The van der Waals surface area contributed by atoms with Crippen molar-refractivity contribution in [2.75, 3.05) is 29.6 Å². The van der Waals surface area contributed by atoms with Crippen LogP contribution in [-0.2, 0) is 10.8 Å². The summed E-state index contributed by atoms with van der Waals surface area (Å²) in [6, 6.07) is 5.31. The average Bonchev–Trinajstić information content (AvgIpc) is 2.25. The molecule has 1 aromatic rings. The quantitative estimate of drug-likeness (QED) is 0.460. The van der Waals surface area contributed by atoms with Crippen molar-refractivity contribution in [2.45, 2.75) is 13.3 Å². The van der Waals surface area contributed by atoms with Crippen LogP contribution in [0.1, 0.15) is 23.7 Å². The Hall–Kier alpha value is -1.36. The minimum Gasteiger partial charge on any atom is -0.398 e. The maximum Gasteiger partial charge on any atom is 0.161 e. The number of rotatable bonds is 6. The number of hydrogen-bond acceptors (Lipinski definition) is 4. The number of carbonyl (C=O) groups is 1. The first-order chi connectivity index (χ1) is 8.00. The largest absolute Gasteiger partial charge is 0.398 e. The van der Waals surface area contributed by atoms with Gasteiger partial charge in [-0.3, -0.25) is 9.00 Å². The molecule has 4 nitrogen and oxygen atoms in total. The zero-order valence-corrected chi connectivity index (χ0v) is 11.0. The Morgan fingerprint density at radius 1 is 1.47 bits per heavy atom. The molecule has 0 aliphatic rings. The van der Waals surface area contributed by atoms with Gasteiger partial charge in [-0.2, -0.15) is 0 Å². The highest BCUT2D eigenvalue weighted by molar-refractivity contribution is 7.84. The van der Waals surface area contributed by atoms with Crippen LogP contribution in [0.15, 0.2) is 18.2 Å². The summed E-state index contributed by atoms with van der Waals surface area (Å²) in [7, 11) is -0.753. The number of anilines is 2. The Morgan fingerprint density at radius 2 is 2.18 bits per heavy atom. The fourth-order valence-corrected chi connectivity index (χ4v) is 2.03. The van der Waals surface area contributed by atoms with Crippen molar-refractivity contribution in [2.24, 2.45) is 0 Å². The number of benzene rings is 1. The van der Waals surface area contributed by atoms with Crippen LogP contribution in [0.3, 0.4) is 0 Å². The molecule has 0 saturated heterocycles. The number of nitrogens with two attached hydrogens (primary N) is 1. The molecule has 0 fully saturated rings. The van der Waals surface area contributed by atoms with Crippen LogP contribution in [0.2, 0.25) is 0 Å². The first-order valence-corrected chi connectivity index (χ1v) is 7.18. The van der Waals surface area contributed by atoms with Crippen molar-refractivity contribution in [3.05, 3.63) is 23.8 Å². The lowest BCUT2D eigenvalue weighted by Crippen LogP contribution is -2.07. The Morgan fingerprint density at radius 3 is 2.76 bits per heavy atom. The van der Waals surface area contributed by atoms with E-state index in [9.17, 15) is 9.00 Å². The van der Waals surface area contributed by atoms with Gasteiger partial charge < -0.3 is 11.1 Å². The van der Waals surface area contributed by atoms with Gasteiger partial charge in [-0.25, -0.2) is 0 Å². The van der Waals surface area contributed by atoms with E-state index in [4.69, 9.17) is 5.73 Å². The van der Waals surface area contributed by atoms with Gasteiger partial charge in [-0.15, -0.1) is 0 Å². The lowest BCUT2D eigenvalue weighted by Gasteiger charge is -2.08. The van der Waals surface area contributed by atoms with E-state index in [0.717, 1.165) is 18.7 Å². The molecule has 0 bridgehead atoms. The molecule has 0 saturated carbocycles. The Balaban J connectivity index is 2.57. The standard InChI is InChI=1S/C12H18N2O2S/c1-9(15)11-8-10(4-5-12(11)13)14-6-3-7-17(2)16/h4-5,8,14H,3,6-7,13H2,1-2H3. The highest BCUT2D eigenvalue weighted by Gasteiger charge is 2.05. The van der Waals surface area contributed by atoms with E-state index in [2.05, 4.69) is 5.32 Å². The van der Waals surface area contributed by atoms with Gasteiger partial charge in [0.05, 0.1) is 0 Å². The molecule has 1 rings (SSSR count). The summed E-state index contributed by atoms with van der Waals surface area (Å²) in [5.74, 6) is 0.641. The molecule has 17 heavy (non-hydrogen) atoms. The topological polar surface area (TPSA) is 72.2 Å². The van der Waals surface area contributed by atoms with E-state index >= 15 is 0 Å². The number of Topliss-reactive ketones (excluding diaryl/α,β-unsaturated/α-hetero) is 1. The molecule has 1 atom stereocenters.